The Morgan fingerprint density at radius 3 is 2.57 bits per heavy atom. The molecule has 1 unspecified atom stereocenters. The number of benzene rings is 2. The number of para-hydroxylation sites is 1. The Kier molecular flexibility index (Phi) is 4.78. The number of carbonyl (C=O) groups is 2. The number of hydrogen-bond donors (Lipinski definition) is 0. The van der Waals surface area contributed by atoms with Crippen LogP contribution in [0.4, 0.5) is 11.4 Å². The molecule has 152 valence electrons. The zero-order chi connectivity index (χ0) is 20.5. The lowest BCUT2D eigenvalue weighted by molar-refractivity contribution is -0.136. The molecule has 3 aromatic rings. The van der Waals surface area contributed by atoms with E-state index in [1.54, 1.807) is 11.2 Å². The summed E-state index contributed by atoms with van der Waals surface area (Å²) in [6, 6.07) is 15.8. The lowest BCUT2D eigenvalue weighted by atomic mass is 10.1. The number of aromatic nitrogens is 2. The van der Waals surface area contributed by atoms with Gasteiger partial charge in [0.25, 0.3) is 0 Å². The molecule has 2 saturated heterocycles. The van der Waals surface area contributed by atoms with E-state index in [4.69, 9.17) is 0 Å². The van der Waals surface area contributed by atoms with Gasteiger partial charge in [-0.05, 0) is 30.3 Å². The van der Waals surface area contributed by atoms with E-state index in [1.807, 2.05) is 47.5 Å². The van der Waals surface area contributed by atoms with Crippen molar-refractivity contribution in [3.8, 4) is 0 Å². The van der Waals surface area contributed by atoms with Gasteiger partial charge in [0.15, 0.2) is 0 Å². The standard InChI is InChI=1S/C23H23N5O2/c29-22-13-18(15-28(22)19-4-2-1-3-5-19)23(30)27-10-8-26(9-11-27)20-6-7-21-17(12-20)14-24-16-25-21/h1-7,12,14,16,18H,8-11,13,15H2. The van der Waals surface area contributed by atoms with E-state index in [2.05, 4.69) is 27.0 Å². The van der Waals surface area contributed by atoms with Crippen molar-refractivity contribution in [2.24, 2.45) is 5.92 Å². The highest BCUT2D eigenvalue weighted by Crippen LogP contribution is 2.27. The lowest BCUT2D eigenvalue weighted by Gasteiger charge is -2.37. The number of anilines is 2. The third-order valence-electron chi connectivity index (χ3n) is 5.99. The highest BCUT2D eigenvalue weighted by molar-refractivity contribution is 6.00. The fraction of sp³-hybridized carbons (Fsp3) is 0.304. The molecule has 2 aliphatic heterocycles. The SMILES string of the molecule is O=C(C1CC(=O)N(c2ccccc2)C1)N1CCN(c2ccc3ncncc3c2)CC1. The number of fused-ring (bicyclic) bond motifs is 1. The first-order chi connectivity index (χ1) is 14.7. The maximum absolute atomic E-state index is 13.1. The van der Waals surface area contributed by atoms with Crippen LogP contribution in [0.2, 0.25) is 0 Å². The van der Waals surface area contributed by atoms with Crippen LogP contribution in [0.15, 0.2) is 61.1 Å². The molecule has 1 atom stereocenters. The predicted octanol–water partition coefficient (Wildman–Crippen LogP) is 2.33. The highest BCUT2D eigenvalue weighted by atomic mass is 16.2. The maximum atomic E-state index is 13.1. The third-order valence-corrected chi connectivity index (χ3v) is 5.99. The molecule has 2 fully saturated rings. The summed E-state index contributed by atoms with van der Waals surface area (Å²) in [7, 11) is 0. The molecule has 2 aliphatic rings. The minimum absolute atomic E-state index is 0.0246. The summed E-state index contributed by atoms with van der Waals surface area (Å²) in [5, 5.41) is 1.01. The van der Waals surface area contributed by atoms with Gasteiger partial charge >= 0.3 is 0 Å². The first-order valence-corrected chi connectivity index (χ1v) is 10.3. The van der Waals surface area contributed by atoms with E-state index in [0.717, 1.165) is 35.4 Å². The molecule has 0 spiro atoms. The molecule has 2 aromatic carbocycles. The van der Waals surface area contributed by atoms with Gasteiger partial charge in [-0.1, -0.05) is 18.2 Å². The Hall–Kier alpha value is -3.48. The number of carbonyl (C=O) groups excluding carboxylic acids is 2. The van der Waals surface area contributed by atoms with Crippen LogP contribution in [-0.2, 0) is 9.59 Å². The van der Waals surface area contributed by atoms with Crippen LogP contribution in [0.3, 0.4) is 0 Å². The molecule has 0 aliphatic carbocycles. The topological polar surface area (TPSA) is 69.6 Å². The van der Waals surface area contributed by atoms with Crippen molar-refractivity contribution in [3.63, 3.8) is 0 Å². The van der Waals surface area contributed by atoms with Crippen LogP contribution in [0.1, 0.15) is 6.42 Å². The quantitative estimate of drug-likeness (QED) is 0.674. The highest BCUT2D eigenvalue weighted by Gasteiger charge is 2.37. The number of amides is 2. The second kappa shape index (κ2) is 7.74. The number of hydrogen-bond acceptors (Lipinski definition) is 5. The molecule has 3 heterocycles. The summed E-state index contributed by atoms with van der Waals surface area (Å²) in [5.41, 5.74) is 2.91. The lowest BCUT2D eigenvalue weighted by Crippen LogP contribution is -2.50. The molecule has 30 heavy (non-hydrogen) atoms. The van der Waals surface area contributed by atoms with Crippen LogP contribution in [0.5, 0.6) is 0 Å². The fourth-order valence-corrected chi connectivity index (χ4v) is 4.34. The van der Waals surface area contributed by atoms with Crippen LogP contribution >= 0.6 is 0 Å². The minimum atomic E-state index is -0.262. The summed E-state index contributed by atoms with van der Waals surface area (Å²) < 4.78 is 0. The van der Waals surface area contributed by atoms with E-state index in [9.17, 15) is 9.59 Å². The molecule has 5 rings (SSSR count). The zero-order valence-electron chi connectivity index (χ0n) is 16.6. The van der Waals surface area contributed by atoms with Crippen LogP contribution in [0, 0.1) is 5.92 Å². The molecule has 2 amide bonds. The largest absolute Gasteiger partial charge is 0.368 e. The van der Waals surface area contributed by atoms with Gasteiger partial charge in [-0.3, -0.25) is 9.59 Å². The summed E-state index contributed by atoms with van der Waals surface area (Å²) in [4.78, 5) is 39.8. The molecule has 0 saturated carbocycles. The van der Waals surface area contributed by atoms with Crippen molar-refractivity contribution < 1.29 is 9.59 Å². The second-order valence-corrected chi connectivity index (χ2v) is 7.82. The Morgan fingerprint density at radius 1 is 0.967 bits per heavy atom. The van der Waals surface area contributed by atoms with E-state index < -0.39 is 0 Å². The van der Waals surface area contributed by atoms with Crippen molar-refractivity contribution in [1.29, 1.82) is 0 Å². The first-order valence-electron chi connectivity index (χ1n) is 10.3. The Morgan fingerprint density at radius 2 is 1.77 bits per heavy atom. The van der Waals surface area contributed by atoms with Crippen molar-refractivity contribution >= 4 is 34.1 Å². The van der Waals surface area contributed by atoms with E-state index in [0.29, 0.717) is 26.1 Å². The van der Waals surface area contributed by atoms with Gasteiger partial charge in [-0.2, -0.15) is 0 Å². The molecule has 7 heteroatoms. The Labute approximate surface area is 174 Å². The van der Waals surface area contributed by atoms with Crippen LogP contribution in [-0.4, -0.2) is 59.4 Å². The molecule has 0 bridgehead atoms. The number of rotatable bonds is 3. The Bertz CT molecular complexity index is 1080. The fourth-order valence-electron chi connectivity index (χ4n) is 4.34. The smallest absolute Gasteiger partial charge is 0.228 e. The van der Waals surface area contributed by atoms with E-state index >= 15 is 0 Å². The van der Waals surface area contributed by atoms with Crippen LogP contribution in [0.25, 0.3) is 10.9 Å². The third kappa shape index (κ3) is 3.47. The summed E-state index contributed by atoms with van der Waals surface area (Å²) in [6.45, 7) is 3.34. The van der Waals surface area contributed by atoms with Crippen molar-refractivity contribution in [1.82, 2.24) is 14.9 Å². The zero-order valence-corrected chi connectivity index (χ0v) is 16.6. The number of nitrogens with zero attached hydrogens (tertiary/aromatic N) is 5. The van der Waals surface area contributed by atoms with Gasteiger partial charge in [0.1, 0.15) is 6.33 Å². The minimum Gasteiger partial charge on any atom is -0.368 e. The van der Waals surface area contributed by atoms with Gasteiger partial charge in [-0.25, -0.2) is 9.97 Å². The average molecular weight is 401 g/mol. The van der Waals surface area contributed by atoms with Crippen LogP contribution < -0.4 is 9.80 Å². The maximum Gasteiger partial charge on any atom is 0.228 e. The Balaban J connectivity index is 1.22. The van der Waals surface area contributed by atoms with Crippen molar-refractivity contribution in [3.05, 3.63) is 61.1 Å². The van der Waals surface area contributed by atoms with Gasteiger partial charge in [0.05, 0.1) is 11.4 Å². The summed E-state index contributed by atoms with van der Waals surface area (Å²) >= 11 is 0. The number of piperazine rings is 1. The molecule has 0 N–H and O–H groups in total. The molecule has 0 radical (unpaired) electrons. The summed E-state index contributed by atoms with van der Waals surface area (Å²) in [5.74, 6) is -0.146. The molecular weight excluding hydrogens is 378 g/mol. The molecular formula is C23H23N5O2. The average Bonchev–Trinajstić information content (AvgIpc) is 3.20. The van der Waals surface area contributed by atoms with E-state index in [-0.39, 0.29) is 17.7 Å². The van der Waals surface area contributed by atoms with Gasteiger partial charge in [-0.15, -0.1) is 0 Å². The first kappa shape index (κ1) is 18.5. The molecule has 1 aromatic heterocycles. The normalized spacial score (nSPS) is 19.5. The van der Waals surface area contributed by atoms with Crippen molar-refractivity contribution in [2.75, 3.05) is 42.5 Å². The van der Waals surface area contributed by atoms with Gasteiger partial charge in [0, 0.05) is 62.1 Å². The predicted molar refractivity (Wildman–Crippen MR) is 115 cm³/mol. The van der Waals surface area contributed by atoms with Gasteiger partial charge in [0.2, 0.25) is 11.8 Å². The van der Waals surface area contributed by atoms with Crippen molar-refractivity contribution in [2.45, 2.75) is 6.42 Å². The molecule has 7 nitrogen and oxygen atoms in total. The van der Waals surface area contributed by atoms with E-state index in [1.165, 1.54) is 0 Å². The monoisotopic (exact) mass is 401 g/mol. The van der Waals surface area contributed by atoms with Gasteiger partial charge < -0.3 is 14.7 Å². The summed E-state index contributed by atoms with van der Waals surface area (Å²) in [6.07, 6.45) is 3.67. The second-order valence-electron chi connectivity index (χ2n) is 7.82.